The fourth-order valence-electron chi connectivity index (χ4n) is 5.11. The minimum atomic E-state index is -0.698. The predicted molar refractivity (Wildman–Crippen MR) is 172 cm³/mol. The van der Waals surface area contributed by atoms with Gasteiger partial charge >= 0.3 is 0 Å². The van der Waals surface area contributed by atoms with E-state index in [4.69, 9.17) is 19.9 Å². The summed E-state index contributed by atoms with van der Waals surface area (Å²) < 4.78 is 33.0. The summed E-state index contributed by atoms with van der Waals surface area (Å²) in [6.07, 6.45) is 5.18. The Morgan fingerprint density at radius 1 is 1.07 bits per heavy atom. The maximum atomic E-state index is 13.7. The molecule has 4 rings (SSSR count). The summed E-state index contributed by atoms with van der Waals surface area (Å²) >= 11 is 0.717. The Bertz CT molecular complexity index is 1590. The zero-order chi connectivity index (χ0) is 31.3. The number of hydrogen-bond acceptors (Lipinski definition) is 6. The fourth-order valence-corrected chi connectivity index (χ4v) is 5.53. The van der Waals surface area contributed by atoms with Crippen molar-refractivity contribution in [3.63, 3.8) is 0 Å². The first-order valence-electron chi connectivity index (χ1n) is 14.1. The number of ether oxygens (including phenoxy) is 3. The molecule has 0 aromatic heterocycles. The Hall–Kier alpha value is -4.04. The van der Waals surface area contributed by atoms with Crippen LogP contribution < -0.4 is 19.9 Å². The molecule has 0 saturated carbocycles. The average Bonchev–Trinajstić information content (AvgIpc) is 2.97. The Labute approximate surface area is 257 Å². The summed E-state index contributed by atoms with van der Waals surface area (Å²) in [6, 6.07) is 11.5. The highest BCUT2D eigenvalue weighted by Gasteiger charge is 2.36. The van der Waals surface area contributed by atoms with Crippen LogP contribution in [0, 0.1) is 26.6 Å². The third kappa shape index (κ3) is 7.49. The molecular weight excluding hydrogens is 565 g/mol. The third-order valence-electron chi connectivity index (χ3n) is 7.69. The number of hydrogen-bond donors (Lipinski definition) is 1. The molecule has 1 atom stereocenters. The number of thioether (sulfide) groups is 1. The molecule has 6 nitrogen and oxygen atoms in total. The molecule has 226 valence electrons. The number of fused-ring (bicyclic) bond motifs is 1. The van der Waals surface area contributed by atoms with Crippen LogP contribution in [0.25, 0.3) is 17.2 Å². The quantitative estimate of drug-likeness (QED) is 0.137. The lowest BCUT2D eigenvalue weighted by atomic mass is 9.87. The van der Waals surface area contributed by atoms with Crippen molar-refractivity contribution < 1.29 is 28.2 Å². The largest absolute Gasteiger partial charge is 0.489 e. The summed E-state index contributed by atoms with van der Waals surface area (Å²) in [7, 11) is 0. The van der Waals surface area contributed by atoms with E-state index >= 15 is 0 Å². The van der Waals surface area contributed by atoms with Crippen molar-refractivity contribution in [2.24, 2.45) is 5.73 Å². The van der Waals surface area contributed by atoms with Crippen molar-refractivity contribution in [1.82, 2.24) is 0 Å². The van der Waals surface area contributed by atoms with Gasteiger partial charge < -0.3 is 19.9 Å². The van der Waals surface area contributed by atoms with Crippen LogP contribution in [0.1, 0.15) is 55.0 Å². The Morgan fingerprint density at radius 2 is 1.79 bits per heavy atom. The van der Waals surface area contributed by atoms with Crippen LogP contribution in [0.3, 0.4) is 0 Å². The Balaban J connectivity index is 1.62. The number of amides is 1. The van der Waals surface area contributed by atoms with Crippen molar-refractivity contribution in [3.05, 3.63) is 92.7 Å². The molecule has 8 heteroatoms. The van der Waals surface area contributed by atoms with Gasteiger partial charge in [-0.25, -0.2) is 4.39 Å². The summed E-state index contributed by atoms with van der Waals surface area (Å²) in [6.45, 7) is 13.2. The van der Waals surface area contributed by atoms with Crippen molar-refractivity contribution in [2.75, 3.05) is 13.2 Å². The van der Waals surface area contributed by atoms with E-state index in [-0.39, 0.29) is 17.3 Å². The first-order chi connectivity index (χ1) is 20.4. The number of allylic oxidation sites excluding steroid dienone is 1. The molecule has 0 bridgehead atoms. The number of rotatable bonds is 11. The molecule has 2 N–H and O–H groups in total. The second kappa shape index (κ2) is 13.5. The summed E-state index contributed by atoms with van der Waals surface area (Å²) in [5.74, 6) is 1.33. The van der Waals surface area contributed by atoms with Crippen molar-refractivity contribution in [2.45, 2.75) is 60.0 Å². The van der Waals surface area contributed by atoms with E-state index in [9.17, 15) is 14.0 Å². The van der Waals surface area contributed by atoms with E-state index < -0.39 is 11.5 Å². The van der Waals surface area contributed by atoms with Crippen LogP contribution >= 0.6 is 11.8 Å². The van der Waals surface area contributed by atoms with Crippen molar-refractivity contribution >= 4 is 29.4 Å². The number of carbonyl (C=O) groups is 2. The minimum absolute atomic E-state index is 0.113. The lowest BCUT2D eigenvalue weighted by molar-refractivity contribution is -0.113. The van der Waals surface area contributed by atoms with E-state index in [0.717, 1.165) is 63.9 Å². The molecule has 1 amide bonds. The van der Waals surface area contributed by atoms with Gasteiger partial charge in [-0.1, -0.05) is 23.8 Å². The monoisotopic (exact) mass is 603 g/mol. The first-order valence-corrected chi connectivity index (χ1v) is 15.0. The highest BCUT2D eigenvalue weighted by atomic mass is 32.2. The average molecular weight is 604 g/mol. The van der Waals surface area contributed by atoms with Crippen LogP contribution in [0.15, 0.2) is 59.0 Å². The van der Waals surface area contributed by atoms with E-state index in [2.05, 4.69) is 40.7 Å². The highest BCUT2D eigenvalue weighted by Crippen LogP contribution is 2.44. The van der Waals surface area contributed by atoms with Gasteiger partial charge in [-0.2, -0.15) is 0 Å². The number of benzene rings is 3. The summed E-state index contributed by atoms with van der Waals surface area (Å²) in [5.41, 5.74) is 13.1. The SMILES string of the molecule is CC(C)=CCOc1c(C)c(C)c2c(c1C)CCC(C)(COc1ccc(/C=C(\SC=O)C(N)=O)cc1-c1ccc(F)cc1)O2. The Kier molecular flexibility index (Phi) is 10.0. The second-order valence-electron chi connectivity index (χ2n) is 11.3. The molecule has 0 aliphatic carbocycles. The van der Waals surface area contributed by atoms with E-state index in [1.54, 1.807) is 30.3 Å². The lowest BCUT2D eigenvalue weighted by Gasteiger charge is -2.38. The molecule has 0 spiro atoms. The maximum Gasteiger partial charge on any atom is 0.255 e. The van der Waals surface area contributed by atoms with Gasteiger partial charge in [0.05, 0.1) is 4.91 Å². The van der Waals surface area contributed by atoms with Gasteiger partial charge in [0.15, 0.2) is 5.62 Å². The van der Waals surface area contributed by atoms with Gasteiger partial charge in [-0.05, 0) is 130 Å². The smallest absolute Gasteiger partial charge is 0.255 e. The van der Waals surface area contributed by atoms with Gasteiger partial charge in [0, 0.05) is 11.1 Å². The van der Waals surface area contributed by atoms with Crippen LogP contribution in [0.2, 0.25) is 0 Å². The number of nitrogens with two attached hydrogens (primary N) is 1. The molecule has 1 aliphatic rings. The number of primary amides is 1. The predicted octanol–water partition coefficient (Wildman–Crippen LogP) is 7.68. The zero-order valence-electron chi connectivity index (χ0n) is 25.5. The van der Waals surface area contributed by atoms with Gasteiger partial charge in [0.25, 0.3) is 5.91 Å². The highest BCUT2D eigenvalue weighted by molar-refractivity contribution is 8.16. The van der Waals surface area contributed by atoms with Gasteiger partial charge in [0.2, 0.25) is 0 Å². The van der Waals surface area contributed by atoms with E-state index in [1.165, 1.54) is 17.7 Å². The van der Waals surface area contributed by atoms with Crippen LogP contribution in [-0.2, 0) is 16.0 Å². The van der Waals surface area contributed by atoms with Crippen LogP contribution in [-0.4, -0.2) is 30.3 Å². The fraction of sp³-hybridized carbons (Fsp3) is 0.314. The third-order valence-corrected chi connectivity index (χ3v) is 8.36. The topological polar surface area (TPSA) is 87.9 Å². The molecule has 1 unspecified atom stereocenters. The molecule has 3 aromatic carbocycles. The van der Waals surface area contributed by atoms with Crippen LogP contribution in [0.5, 0.6) is 17.2 Å². The van der Waals surface area contributed by atoms with E-state index in [1.807, 2.05) is 13.0 Å². The molecule has 1 heterocycles. The molecule has 0 saturated heterocycles. The molecule has 3 aromatic rings. The summed E-state index contributed by atoms with van der Waals surface area (Å²) in [5, 5.41) is 0. The minimum Gasteiger partial charge on any atom is -0.489 e. The first kappa shape index (κ1) is 31.9. The van der Waals surface area contributed by atoms with Gasteiger partial charge in [-0.15, -0.1) is 0 Å². The molecule has 43 heavy (non-hydrogen) atoms. The molecule has 0 radical (unpaired) electrons. The van der Waals surface area contributed by atoms with Gasteiger partial charge in [0.1, 0.15) is 41.9 Å². The maximum absolute atomic E-state index is 13.7. The van der Waals surface area contributed by atoms with Crippen molar-refractivity contribution in [3.8, 4) is 28.4 Å². The second-order valence-corrected chi connectivity index (χ2v) is 12.2. The summed E-state index contributed by atoms with van der Waals surface area (Å²) in [4.78, 5) is 22.9. The molecule has 1 aliphatic heterocycles. The van der Waals surface area contributed by atoms with Gasteiger partial charge in [-0.3, -0.25) is 9.59 Å². The standard InChI is InChI=1S/C35H38FNO5S/c1-21(2)14-16-40-32-22(3)23(4)33-28(24(32)5)13-15-35(6,42-33)19-41-30-12-7-25(18-31(34(37)39)43-20-38)17-29(30)26-8-10-27(36)11-9-26/h7-12,14,17-18,20H,13,15-16,19H2,1-6H3,(H2,37,39)/b31-18-. The lowest BCUT2D eigenvalue weighted by Crippen LogP contribution is -2.42. The van der Waals surface area contributed by atoms with Crippen LogP contribution in [0.4, 0.5) is 4.39 Å². The molecule has 0 fully saturated rings. The molecular formula is C35H38FNO5S. The Morgan fingerprint density at radius 3 is 2.44 bits per heavy atom. The number of halogens is 1. The van der Waals surface area contributed by atoms with E-state index in [0.29, 0.717) is 29.1 Å². The van der Waals surface area contributed by atoms with Crippen molar-refractivity contribution in [1.29, 1.82) is 0 Å². The normalized spacial score (nSPS) is 16.1. The zero-order valence-corrected chi connectivity index (χ0v) is 26.3. The number of carbonyl (C=O) groups excluding carboxylic acids is 2.